The molecular formula is C29H37N3O2. The van der Waals surface area contributed by atoms with Gasteiger partial charge in [0.1, 0.15) is 6.04 Å². The zero-order chi connectivity index (χ0) is 23.7. The van der Waals surface area contributed by atoms with E-state index >= 15 is 0 Å². The van der Waals surface area contributed by atoms with Crippen LogP contribution in [0.3, 0.4) is 0 Å². The van der Waals surface area contributed by atoms with E-state index in [1.54, 1.807) is 0 Å². The van der Waals surface area contributed by atoms with Crippen molar-refractivity contribution < 1.29 is 9.59 Å². The van der Waals surface area contributed by atoms with Crippen LogP contribution in [0.1, 0.15) is 48.9 Å². The number of hydrogen-bond acceptors (Lipinski definition) is 3. The van der Waals surface area contributed by atoms with Crippen molar-refractivity contribution in [1.82, 2.24) is 15.5 Å². The molecule has 0 spiro atoms. The number of amides is 2. The average Bonchev–Trinajstić information content (AvgIpc) is 2.82. The highest BCUT2D eigenvalue weighted by Crippen LogP contribution is 2.61. The van der Waals surface area contributed by atoms with Crippen LogP contribution >= 0.6 is 0 Å². The Labute approximate surface area is 203 Å². The molecule has 4 aliphatic carbocycles. The van der Waals surface area contributed by atoms with Crippen molar-refractivity contribution >= 4 is 11.8 Å². The second kappa shape index (κ2) is 9.53. The summed E-state index contributed by atoms with van der Waals surface area (Å²) in [7, 11) is 4.01. The van der Waals surface area contributed by atoms with E-state index in [9.17, 15) is 9.59 Å². The minimum atomic E-state index is -0.468. The number of rotatable bonds is 8. The molecule has 0 unspecified atom stereocenters. The topological polar surface area (TPSA) is 61.4 Å². The van der Waals surface area contributed by atoms with Crippen LogP contribution in [0.15, 0.2) is 54.6 Å². The molecule has 0 aromatic heterocycles. The maximum Gasteiger partial charge on any atom is 0.251 e. The smallest absolute Gasteiger partial charge is 0.251 e. The Morgan fingerprint density at radius 2 is 1.44 bits per heavy atom. The van der Waals surface area contributed by atoms with Gasteiger partial charge in [-0.2, -0.15) is 0 Å². The molecule has 2 N–H and O–H groups in total. The van der Waals surface area contributed by atoms with Crippen molar-refractivity contribution in [3.8, 4) is 11.1 Å². The van der Waals surface area contributed by atoms with Crippen LogP contribution in [0, 0.1) is 23.2 Å². The molecule has 0 aliphatic heterocycles. The van der Waals surface area contributed by atoms with Gasteiger partial charge in [0, 0.05) is 24.1 Å². The van der Waals surface area contributed by atoms with E-state index in [-0.39, 0.29) is 17.2 Å². The summed E-state index contributed by atoms with van der Waals surface area (Å²) in [6, 6.07) is 17.4. The number of likely N-dealkylation sites (N-methyl/N-ethyl adjacent to an activating group) is 1. The SMILES string of the molecule is CN(C)CCNC(=O)[C@@H](NC(=O)c1ccc(-c2ccccc2)cc1)C12CC3CC(CC(C3)C1)C2. The Balaban J connectivity index is 1.35. The van der Waals surface area contributed by atoms with Crippen LogP contribution in [-0.2, 0) is 4.79 Å². The summed E-state index contributed by atoms with van der Waals surface area (Å²) >= 11 is 0. The van der Waals surface area contributed by atoms with E-state index in [2.05, 4.69) is 27.7 Å². The minimum absolute atomic E-state index is 0.0157. The molecule has 4 aliphatic rings. The van der Waals surface area contributed by atoms with E-state index in [1.807, 2.05) is 56.6 Å². The van der Waals surface area contributed by atoms with Crippen molar-refractivity contribution in [2.45, 2.75) is 44.6 Å². The first-order valence-electron chi connectivity index (χ1n) is 12.8. The highest BCUT2D eigenvalue weighted by molar-refractivity contribution is 5.98. The fourth-order valence-corrected chi connectivity index (χ4v) is 7.19. The van der Waals surface area contributed by atoms with E-state index in [0.29, 0.717) is 29.9 Å². The van der Waals surface area contributed by atoms with E-state index in [4.69, 9.17) is 0 Å². The summed E-state index contributed by atoms with van der Waals surface area (Å²) in [4.78, 5) is 28.9. The molecule has 2 aromatic rings. The van der Waals surface area contributed by atoms with Crippen molar-refractivity contribution in [3.05, 3.63) is 60.2 Å². The van der Waals surface area contributed by atoms with Gasteiger partial charge in [-0.25, -0.2) is 0 Å². The molecule has 5 nitrogen and oxygen atoms in total. The normalized spacial score (nSPS) is 28.0. The highest BCUT2D eigenvalue weighted by Gasteiger charge is 2.56. The second-order valence-electron chi connectivity index (χ2n) is 11.2. The summed E-state index contributed by atoms with van der Waals surface area (Å²) in [6.45, 7) is 1.38. The van der Waals surface area contributed by atoms with Crippen LogP contribution < -0.4 is 10.6 Å². The Bertz CT molecular complexity index is 980. The molecule has 1 atom stereocenters. The van der Waals surface area contributed by atoms with Gasteiger partial charge in [-0.05, 0) is 93.6 Å². The summed E-state index contributed by atoms with van der Waals surface area (Å²) in [5.41, 5.74) is 2.71. The molecule has 4 fully saturated rings. The first-order chi connectivity index (χ1) is 16.4. The van der Waals surface area contributed by atoms with Gasteiger partial charge < -0.3 is 15.5 Å². The molecule has 0 radical (unpaired) electrons. The minimum Gasteiger partial charge on any atom is -0.353 e. The predicted octanol–water partition coefficient (Wildman–Crippen LogP) is 4.35. The molecule has 34 heavy (non-hydrogen) atoms. The van der Waals surface area contributed by atoms with E-state index in [0.717, 1.165) is 36.9 Å². The number of hydrogen-bond donors (Lipinski definition) is 2. The molecule has 4 saturated carbocycles. The monoisotopic (exact) mass is 459 g/mol. The zero-order valence-corrected chi connectivity index (χ0v) is 20.4. The van der Waals surface area contributed by atoms with Gasteiger partial charge in [0.2, 0.25) is 5.91 Å². The van der Waals surface area contributed by atoms with E-state index in [1.165, 1.54) is 19.3 Å². The standard InChI is InChI=1S/C29H37N3O2/c1-32(2)13-12-30-28(34)26(29-17-20-14-21(18-29)16-22(15-20)19-29)31-27(33)25-10-8-24(9-11-25)23-6-4-3-5-7-23/h3-11,20-22,26H,12-19H2,1-2H3,(H,30,34)(H,31,33)/t20?,21?,22?,26-,29?/m1/s1. The molecule has 0 heterocycles. The van der Waals surface area contributed by atoms with Crippen LogP contribution in [0.4, 0.5) is 0 Å². The summed E-state index contributed by atoms with van der Waals surface area (Å²) in [5, 5.41) is 6.35. The van der Waals surface area contributed by atoms with E-state index < -0.39 is 6.04 Å². The first kappa shape index (κ1) is 23.1. The Morgan fingerprint density at radius 1 is 0.882 bits per heavy atom. The predicted molar refractivity (Wildman–Crippen MR) is 135 cm³/mol. The summed E-state index contributed by atoms with van der Waals surface area (Å²) in [6.07, 6.45) is 7.13. The molecule has 6 rings (SSSR count). The fourth-order valence-electron chi connectivity index (χ4n) is 7.19. The number of carbonyl (C=O) groups is 2. The van der Waals surface area contributed by atoms with Gasteiger partial charge in [-0.15, -0.1) is 0 Å². The molecule has 2 amide bonds. The first-order valence-corrected chi connectivity index (χ1v) is 12.8. The summed E-state index contributed by atoms with van der Waals surface area (Å²) in [5.74, 6) is 1.97. The lowest BCUT2D eigenvalue weighted by atomic mass is 9.47. The van der Waals surface area contributed by atoms with Crippen molar-refractivity contribution in [3.63, 3.8) is 0 Å². The third-order valence-electron chi connectivity index (χ3n) is 8.35. The molecule has 0 saturated heterocycles. The Morgan fingerprint density at radius 3 is 2.00 bits per heavy atom. The fraction of sp³-hybridized carbons (Fsp3) is 0.517. The third kappa shape index (κ3) is 4.76. The maximum atomic E-state index is 13.5. The van der Waals surface area contributed by atoms with Gasteiger partial charge >= 0.3 is 0 Å². The Hall–Kier alpha value is -2.66. The lowest BCUT2D eigenvalue weighted by Gasteiger charge is -2.59. The number of nitrogens with one attached hydrogen (secondary N) is 2. The van der Waals surface area contributed by atoms with Crippen LogP contribution in [-0.4, -0.2) is 49.9 Å². The molecule has 4 bridgehead atoms. The largest absolute Gasteiger partial charge is 0.353 e. The third-order valence-corrected chi connectivity index (χ3v) is 8.35. The number of carbonyl (C=O) groups excluding carboxylic acids is 2. The van der Waals surface area contributed by atoms with Gasteiger partial charge in [0.25, 0.3) is 5.91 Å². The van der Waals surface area contributed by atoms with Crippen molar-refractivity contribution in [2.75, 3.05) is 27.2 Å². The maximum absolute atomic E-state index is 13.5. The quantitative estimate of drug-likeness (QED) is 0.617. The highest BCUT2D eigenvalue weighted by atomic mass is 16.2. The van der Waals surface area contributed by atoms with Crippen LogP contribution in [0.5, 0.6) is 0 Å². The lowest BCUT2D eigenvalue weighted by Crippen LogP contribution is -2.62. The number of benzene rings is 2. The molecule has 180 valence electrons. The lowest BCUT2D eigenvalue weighted by molar-refractivity contribution is -0.134. The van der Waals surface area contributed by atoms with Gasteiger partial charge in [-0.3, -0.25) is 9.59 Å². The average molecular weight is 460 g/mol. The van der Waals surface area contributed by atoms with Crippen molar-refractivity contribution in [1.29, 1.82) is 0 Å². The van der Waals surface area contributed by atoms with Gasteiger partial charge in [-0.1, -0.05) is 42.5 Å². The van der Waals surface area contributed by atoms with Gasteiger partial charge in [0.05, 0.1) is 0 Å². The van der Waals surface area contributed by atoms with Crippen molar-refractivity contribution in [2.24, 2.45) is 23.2 Å². The van der Waals surface area contributed by atoms with Gasteiger partial charge in [0.15, 0.2) is 0 Å². The number of nitrogens with zero attached hydrogens (tertiary/aromatic N) is 1. The molecule has 2 aromatic carbocycles. The van der Waals surface area contributed by atoms with Crippen LogP contribution in [0.2, 0.25) is 0 Å². The summed E-state index contributed by atoms with van der Waals surface area (Å²) < 4.78 is 0. The molecule has 5 heteroatoms. The zero-order valence-electron chi connectivity index (χ0n) is 20.4. The second-order valence-corrected chi connectivity index (χ2v) is 11.2. The van der Waals surface area contributed by atoms with Crippen LogP contribution in [0.25, 0.3) is 11.1 Å². The molecular weight excluding hydrogens is 422 g/mol. The Kier molecular flexibility index (Phi) is 6.48.